The van der Waals surface area contributed by atoms with Gasteiger partial charge in [-0.25, -0.2) is 4.98 Å². The van der Waals surface area contributed by atoms with E-state index in [4.69, 9.17) is 15.2 Å². The molecule has 2 aromatic carbocycles. The van der Waals surface area contributed by atoms with Crippen LogP contribution in [0.4, 0.5) is 19.0 Å². The lowest BCUT2D eigenvalue weighted by molar-refractivity contribution is -0.127. The molecule has 33 heavy (non-hydrogen) atoms. The monoisotopic (exact) mass is 457 g/mol. The summed E-state index contributed by atoms with van der Waals surface area (Å²) in [6.45, 7) is 1.87. The Hall–Kier alpha value is -3.17. The first-order valence-electron chi connectivity index (χ1n) is 10.6. The van der Waals surface area contributed by atoms with Crippen molar-refractivity contribution in [3.05, 3.63) is 70.3 Å². The minimum absolute atomic E-state index is 0.172. The average Bonchev–Trinajstić information content (AvgIpc) is 3.29. The second-order valence-electron chi connectivity index (χ2n) is 8.30. The average molecular weight is 457 g/mol. The maximum absolute atomic E-state index is 13.5. The van der Waals surface area contributed by atoms with Crippen molar-refractivity contribution in [2.24, 2.45) is 0 Å². The van der Waals surface area contributed by atoms with Crippen LogP contribution in [0.1, 0.15) is 38.7 Å². The molecule has 6 nitrogen and oxygen atoms in total. The number of aromatic nitrogens is 1. The number of nitrogen functional groups attached to an aromatic ring is 1. The maximum Gasteiger partial charge on any atom is 0.393 e. The summed E-state index contributed by atoms with van der Waals surface area (Å²) >= 11 is 0. The molecule has 5 rings (SSSR count). The standard InChI is InChI=1S/C24H22F3N3O3/c25-24(26,27)10-14-1-3-15(4-2-14)21-13-32-8-7-30(21)23(31)16-5-6-20-17(9-16)18-11-33-12-19(18)22(28)29-20/h1-6,9,21H,7-8,10-13H2,(H2,28,29)/t21-/m1/s1. The van der Waals surface area contributed by atoms with Gasteiger partial charge in [-0.2, -0.15) is 13.2 Å². The molecule has 2 aliphatic heterocycles. The molecule has 1 fully saturated rings. The first-order valence-corrected chi connectivity index (χ1v) is 10.6. The quantitative estimate of drug-likeness (QED) is 0.639. The van der Waals surface area contributed by atoms with Crippen molar-refractivity contribution in [2.45, 2.75) is 31.9 Å². The van der Waals surface area contributed by atoms with Crippen LogP contribution in [-0.4, -0.2) is 41.7 Å². The molecule has 3 heterocycles. The molecule has 0 unspecified atom stereocenters. The third-order valence-corrected chi connectivity index (χ3v) is 6.13. The van der Waals surface area contributed by atoms with Gasteiger partial charge in [0.25, 0.3) is 5.91 Å². The van der Waals surface area contributed by atoms with Crippen molar-refractivity contribution in [1.82, 2.24) is 9.88 Å². The van der Waals surface area contributed by atoms with Crippen LogP contribution in [0.3, 0.4) is 0 Å². The summed E-state index contributed by atoms with van der Waals surface area (Å²) in [7, 11) is 0. The first-order chi connectivity index (χ1) is 15.8. The molecular formula is C24H22F3N3O3. The molecule has 1 atom stereocenters. The number of hydrogen-bond donors (Lipinski definition) is 1. The summed E-state index contributed by atoms with van der Waals surface area (Å²) in [5.41, 5.74) is 9.96. The molecule has 1 aromatic heterocycles. The lowest BCUT2D eigenvalue weighted by Crippen LogP contribution is -2.43. The van der Waals surface area contributed by atoms with E-state index in [2.05, 4.69) is 4.98 Å². The van der Waals surface area contributed by atoms with E-state index in [1.54, 1.807) is 29.2 Å². The summed E-state index contributed by atoms with van der Waals surface area (Å²) in [5, 5.41) is 0.837. The highest BCUT2D eigenvalue weighted by molar-refractivity contribution is 5.99. The minimum atomic E-state index is -4.27. The number of hydrogen-bond acceptors (Lipinski definition) is 5. The number of rotatable bonds is 3. The zero-order valence-electron chi connectivity index (χ0n) is 17.7. The van der Waals surface area contributed by atoms with Crippen LogP contribution in [0.25, 0.3) is 10.9 Å². The Balaban J connectivity index is 1.44. The first kappa shape index (κ1) is 21.7. The van der Waals surface area contributed by atoms with E-state index in [1.807, 2.05) is 6.07 Å². The van der Waals surface area contributed by atoms with Crippen molar-refractivity contribution >= 4 is 22.6 Å². The number of morpholine rings is 1. The van der Waals surface area contributed by atoms with Gasteiger partial charge < -0.3 is 20.1 Å². The predicted octanol–water partition coefficient (Wildman–Crippen LogP) is 4.17. The Morgan fingerprint density at radius 3 is 2.61 bits per heavy atom. The van der Waals surface area contributed by atoms with Gasteiger partial charge in [-0.3, -0.25) is 4.79 Å². The fourth-order valence-corrected chi connectivity index (χ4v) is 4.48. The number of halogens is 3. The molecule has 3 aromatic rings. The van der Waals surface area contributed by atoms with Gasteiger partial charge in [0.05, 0.1) is 44.4 Å². The maximum atomic E-state index is 13.5. The summed E-state index contributed by atoms with van der Waals surface area (Å²) < 4.78 is 49.2. The number of ether oxygens (including phenoxy) is 2. The summed E-state index contributed by atoms with van der Waals surface area (Å²) in [4.78, 5) is 19.6. The molecule has 1 amide bonds. The number of anilines is 1. The van der Waals surface area contributed by atoms with Crippen LogP contribution in [-0.2, 0) is 29.1 Å². The topological polar surface area (TPSA) is 77.7 Å². The molecule has 0 bridgehead atoms. The van der Waals surface area contributed by atoms with E-state index in [-0.39, 0.29) is 24.1 Å². The number of amides is 1. The Morgan fingerprint density at radius 1 is 1.09 bits per heavy atom. The Bertz CT molecular complexity index is 1210. The van der Waals surface area contributed by atoms with Crippen LogP contribution in [0.5, 0.6) is 0 Å². The molecule has 9 heteroatoms. The van der Waals surface area contributed by atoms with E-state index in [9.17, 15) is 18.0 Å². The van der Waals surface area contributed by atoms with Crippen LogP contribution in [0.2, 0.25) is 0 Å². The smallest absolute Gasteiger partial charge is 0.383 e. The molecule has 2 aliphatic rings. The van der Waals surface area contributed by atoms with E-state index in [0.717, 1.165) is 22.1 Å². The summed E-state index contributed by atoms with van der Waals surface area (Å²) in [6, 6.07) is 11.1. The largest absolute Gasteiger partial charge is 0.393 e. The van der Waals surface area contributed by atoms with Crippen molar-refractivity contribution in [3.8, 4) is 0 Å². The number of nitrogens with two attached hydrogens (primary N) is 1. The van der Waals surface area contributed by atoms with E-state index in [0.29, 0.717) is 43.3 Å². The molecule has 2 N–H and O–H groups in total. The number of carbonyl (C=O) groups excluding carboxylic acids is 1. The number of carbonyl (C=O) groups is 1. The SMILES string of the molecule is Nc1nc2ccc(C(=O)N3CCOC[C@@H]3c3ccc(CC(F)(F)F)cc3)cc2c2c1COC2. The second-order valence-corrected chi connectivity index (χ2v) is 8.30. The lowest BCUT2D eigenvalue weighted by Gasteiger charge is -2.36. The van der Waals surface area contributed by atoms with Crippen molar-refractivity contribution in [1.29, 1.82) is 0 Å². The normalized spacial score (nSPS) is 18.5. The van der Waals surface area contributed by atoms with Gasteiger partial charge in [0.2, 0.25) is 0 Å². The van der Waals surface area contributed by atoms with Crippen LogP contribution >= 0.6 is 0 Å². The predicted molar refractivity (Wildman–Crippen MR) is 115 cm³/mol. The van der Waals surface area contributed by atoms with Crippen LogP contribution in [0, 0.1) is 0 Å². The van der Waals surface area contributed by atoms with Gasteiger partial charge >= 0.3 is 6.18 Å². The molecule has 0 aliphatic carbocycles. The van der Waals surface area contributed by atoms with E-state index in [1.165, 1.54) is 12.1 Å². The lowest BCUT2D eigenvalue weighted by atomic mass is 9.99. The minimum Gasteiger partial charge on any atom is -0.383 e. The second kappa shape index (κ2) is 8.31. The molecule has 0 radical (unpaired) electrons. The van der Waals surface area contributed by atoms with Gasteiger partial charge in [0, 0.05) is 23.1 Å². The Morgan fingerprint density at radius 2 is 1.85 bits per heavy atom. The van der Waals surface area contributed by atoms with Crippen molar-refractivity contribution in [3.63, 3.8) is 0 Å². The van der Waals surface area contributed by atoms with Crippen molar-refractivity contribution in [2.75, 3.05) is 25.5 Å². The number of alkyl halides is 3. The fraction of sp³-hybridized carbons (Fsp3) is 0.333. The Kier molecular flexibility index (Phi) is 5.46. The fourth-order valence-electron chi connectivity index (χ4n) is 4.48. The molecule has 1 saturated heterocycles. The van der Waals surface area contributed by atoms with Crippen molar-refractivity contribution < 1.29 is 27.4 Å². The highest BCUT2D eigenvalue weighted by atomic mass is 19.4. The molecule has 0 spiro atoms. The van der Waals surface area contributed by atoms with E-state index < -0.39 is 12.6 Å². The molecule has 0 saturated carbocycles. The zero-order chi connectivity index (χ0) is 23.2. The summed E-state index contributed by atoms with van der Waals surface area (Å²) in [6.07, 6.45) is -5.25. The van der Waals surface area contributed by atoms with E-state index >= 15 is 0 Å². The highest BCUT2D eigenvalue weighted by Crippen LogP contribution is 2.33. The van der Waals surface area contributed by atoms with Gasteiger partial charge in [0.1, 0.15) is 5.82 Å². The highest BCUT2D eigenvalue weighted by Gasteiger charge is 2.31. The Labute approximate surface area is 188 Å². The van der Waals surface area contributed by atoms with Crippen LogP contribution in [0.15, 0.2) is 42.5 Å². The third kappa shape index (κ3) is 4.26. The van der Waals surface area contributed by atoms with Gasteiger partial charge in [-0.1, -0.05) is 24.3 Å². The number of benzene rings is 2. The van der Waals surface area contributed by atoms with Crippen LogP contribution < -0.4 is 5.73 Å². The van der Waals surface area contributed by atoms with Gasteiger partial charge in [-0.05, 0) is 34.9 Å². The third-order valence-electron chi connectivity index (χ3n) is 6.13. The molecular weight excluding hydrogens is 435 g/mol. The number of fused-ring (bicyclic) bond motifs is 3. The number of pyridine rings is 1. The number of nitrogens with zero attached hydrogens (tertiary/aromatic N) is 2. The summed E-state index contributed by atoms with van der Waals surface area (Å²) in [5.74, 6) is 0.269. The van der Waals surface area contributed by atoms with Gasteiger partial charge in [0.15, 0.2) is 0 Å². The zero-order valence-corrected chi connectivity index (χ0v) is 17.7. The molecule has 172 valence electrons. The van der Waals surface area contributed by atoms with Gasteiger partial charge in [-0.15, -0.1) is 0 Å².